The summed E-state index contributed by atoms with van der Waals surface area (Å²) in [5, 5.41) is 14.3. The van der Waals surface area contributed by atoms with Gasteiger partial charge >= 0.3 is 0 Å². The fourth-order valence-electron chi connectivity index (χ4n) is 4.87. The molecule has 0 unspecified atom stereocenters. The molecule has 0 bridgehead atoms. The van der Waals surface area contributed by atoms with E-state index >= 15 is 0 Å². The first-order valence-electron chi connectivity index (χ1n) is 9.82. The highest BCUT2D eigenvalue weighted by Crippen LogP contribution is 2.36. The van der Waals surface area contributed by atoms with Crippen LogP contribution in [0.3, 0.4) is 0 Å². The number of nitrogens with zero attached hydrogens (tertiary/aromatic N) is 4. The molecule has 4 heterocycles. The molecule has 2 aliphatic rings. The maximum atomic E-state index is 13.6. The Kier molecular flexibility index (Phi) is 4.18. The first kappa shape index (κ1) is 17.4. The molecule has 0 saturated carbocycles. The van der Waals surface area contributed by atoms with Crippen molar-refractivity contribution in [3.8, 4) is 11.3 Å². The summed E-state index contributed by atoms with van der Waals surface area (Å²) in [4.78, 5) is 17.8. The van der Waals surface area contributed by atoms with Gasteiger partial charge in [0.25, 0.3) is 5.91 Å². The number of hydrogen-bond acceptors (Lipinski definition) is 4. The van der Waals surface area contributed by atoms with Crippen molar-refractivity contribution >= 4 is 11.4 Å². The fourth-order valence-corrected chi connectivity index (χ4v) is 4.87. The number of benzene rings is 1. The van der Waals surface area contributed by atoms with Crippen LogP contribution in [-0.4, -0.2) is 69.3 Å². The quantitative estimate of drug-likeness (QED) is 0.761. The van der Waals surface area contributed by atoms with E-state index in [1.807, 2.05) is 59.6 Å². The largest absolute Gasteiger partial charge is 0.395 e. The number of hydrogen-bond donors (Lipinski definition) is 1. The van der Waals surface area contributed by atoms with Crippen molar-refractivity contribution in [3.05, 3.63) is 60.3 Å². The standard InChI is InChI=1S/C22H24N4O2/c1-24-17(14-27)11-16-12-25(13-19(16)24)22(28)20-18-9-5-6-10-26(18)23-21(20)15-7-3-2-4-8-15/h2-10,16-17,19,27H,11-14H2,1H3/t16-,17-,19+/m1/s1. The molecule has 28 heavy (non-hydrogen) atoms. The molecule has 3 atom stereocenters. The van der Waals surface area contributed by atoms with E-state index in [0.717, 1.165) is 29.7 Å². The number of likely N-dealkylation sites (N-methyl/N-ethyl adjacent to an activating group) is 1. The normalized spacial score (nSPS) is 24.8. The van der Waals surface area contributed by atoms with Gasteiger partial charge in [0.05, 0.1) is 17.7 Å². The number of likely N-dealkylation sites (tertiary alicyclic amines) is 2. The monoisotopic (exact) mass is 376 g/mol. The molecule has 2 saturated heterocycles. The first-order chi connectivity index (χ1) is 13.7. The number of fused-ring (bicyclic) bond motifs is 2. The molecule has 6 heteroatoms. The van der Waals surface area contributed by atoms with Crippen molar-refractivity contribution < 1.29 is 9.90 Å². The third-order valence-electron chi connectivity index (χ3n) is 6.38. The predicted molar refractivity (Wildman–Crippen MR) is 107 cm³/mol. The number of rotatable bonds is 3. The number of aromatic nitrogens is 2. The lowest BCUT2D eigenvalue weighted by molar-refractivity contribution is 0.0759. The van der Waals surface area contributed by atoms with Crippen molar-refractivity contribution in [2.75, 3.05) is 26.7 Å². The van der Waals surface area contributed by atoms with E-state index in [1.54, 1.807) is 4.52 Å². The van der Waals surface area contributed by atoms with Gasteiger partial charge in [-0.25, -0.2) is 4.52 Å². The fraction of sp³-hybridized carbons (Fsp3) is 0.364. The Morgan fingerprint density at radius 1 is 1.14 bits per heavy atom. The van der Waals surface area contributed by atoms with Crippen LogP contribution in [0.5, 0.6) is 0 Å². The molecule has 2 aliphatic heterocycles. The van der Waals surface area contributed by atoms with Gasteiger partial charge in [-0.1, -0.05) is 36.4 Å². The predicted octanol–water partition coefficient (Wildman–Crippen LogP) is 2.14. The molecule has 2 aromatic heterocycles. The van der Waals surface area contributed by atoms with Crippen molar-refractivity contribution in [2.45, 2.75) is 18.5 Å². The maximum Gasteiger partial charge on any atom is 0.258 e. The zero-order valence-corrected chi connectivity index (χ0v) is 15.9. The van der Waals surface area contributed by atoms with E-state index in [0.29, 0.717) is 24.1 Å². The van der Waals surface area contributed by atoms with E-state index in [1.165, 1.54) is 0 Å². The van der Waals surface area contributed by atoms with E-state index in [2.05, 4.69) is 11.9 Å². The number of carbonyl (C=O) groups is 1. The second-order valence-electron chi connectivity index (χ2n) is 7.90. The number of pyridine rings is 1. The molecule has 3 aromatic rings. The summed E-state index contributed by atoms with van der Waals surface area (Å²) in [6, 6.07) is 16.3. The van der Waals surface area contributed by atoms with Crippen LogP contribution in [0.4, 0.5) is 0 Å². The zero-order chi connectivity index (χ0) is 19.3. The molecule has 1 N–H and O–H groups in total. The van der Waals surface area contributed by atoms with E-state index in [4.69, 9.17) is 5.10 Å². The average molecular weight is 376 g/mol. The topological polar surface area (TPSA) is 61.1 Å². The van der Waals surface area contributed by atoms with Crippen LogP contribution in [0.2, 0.25) is 0 Å². The molecule has 6 nitrogen and oxygen atoms in total. The van der Waals surface area contributed by atoms with Crippen LogP contribution in [0.15, 0.2) is 54.7 Å². The highest BCUT2D eigenvalue weighted by molar-refractivity contribution is 6.06. The molecule has 144 valence electrons. The lowest BCUT2D eigenvalue weighted by Gasteiger charge is -2.25. The molecule has 0 spiro atoms. The molecule has 5 rings (SSSR count). The summed E-state index contributed by atoms with van der Waals surface area (Å²) in [5.74, 6) is 0.469. The van der Waals surface area contributed by atoms with Gasteiger partial charge in [0.2, 0.25) is 0 Å². The smallest absolute Gasteiger partial charge is 0.258 e. The Balaban J connectivity index is 1.52. The molecule has 2 fully saturated rings. The Morgan fingerprint density at radius 3 is 2.68 bits per heavy atom. The van der Waals surface area contributed by atoms with E-state index in [-0.39, 0.29) is 18.6 Å². The average Bonchev–Trinajstić information content (AvgIpc) is 3.40. The highest BCUT2D eigenvalue weighted by Gasteiger charge is 2.46. The number of aliphatic hydroxyl groups is 1. The lowest BCUT2D eigenvalue weighted by atomic mass is 10.0. The summed E-state index contributed by atoms with van der Waals surface area (Å²) < 4.78 is 1.79. The van der Waals surface area contributed by atoms with Gasteiger partial charge < -0.3 is 10.0 Å². The second kappa shape index (κ2) is 6.72. The van der Waals surface area contributed by atoms with Crippen molar-refractivity contribution in [1.29, 1.82) is 0 Å². The Labute approximate surface area is 164 Å². The maximum absolute atomic E-state index is 13.6. The molecule has 1 amide bonds. The van der Waals surface area contributed by atoms with Crippen LogP contribution in [0.1, 0.15) is 16.8 Å². The summed E-state index contributed by atoms with van der Waals surface area (Å²) >= 11 is 0. The summed E-state index contributed by atoms with van der Waals surface area (Å²) in [5.41, 5.74) is 3.19. The highest BCUT2D eigenvalue weighted by atomic mass is 16.3. The minimum absolute atomic E-state index is 0.0448. The van der Waals surface area contributed by atoms with Crippen LogP contribution in [0, 0.1) is 5.92 Å². The summed E-state index contributed by atoms with van der Waals surface area (Å²) in [6.07, 6.45) is 2.83. The van der Waals surface area contributed by atoms with Gasteiger partial charge in [-0.05, 0) is 31.5 Å². The molecular weight excluding hydrogens is 352 g/mol. The van der Waals surface area contributed by atoms with Crippen LogP contribution in [0.25, 0.3) is 16.8 Å². The summed E-state index contributed by atoms with van der Waals surface area (Å²) in [7, 11) is 2.06. The zero-order valence-electron chi connectivity index (χ0n) is 15.9. The van der Waals surface area contributed by atoms with Gasteiger partial charge in [0, 0.05) is 36.9 Å². The molecule has 0 radical (unpaired) electrons. The first-order valence-corrected chi connectivity index (χ1v) is 9.82. The second-order valence-corrected chi connectivity index (χ2v) is 7.90. The van der Waals surface area contributed by atoms with Gasteiger partial charge in [-0.15, -0.1) is 0 Å². The number of aliphatic hydroxyl groups excluding tert-OH is 1. The van der Waals surface area contributed by atoms with Crippen LogP contribution >= 0.6 is 0 Å². The number of carbonyl (C=O) groups excluding carboxylic acids is 1. The van der Waals surface area contributed by atoms with Gasteiger partial charge in [-0.3, -0.25) is 9.69 Å². The SMILES string of the molecule is CN1[C@@H](CO)C[C@@H]2CN(C(=O)c3c(-c4ccccc4)nn4ccccc34)C[C@@H]21. The van der Waals surface area contributed by atoms with E-state index in [9.17, 15) is 9.90 Å². The van der Waals surface area contributed by atoms with Crippen LogP contribution < -0.4 is 0 Å². The van der Waals surface area contributed by atoms with Gasteiger partial charge in [0.1, 0.15) is 5.69 Å². The summed E-state index contributed by atoms with van der Waals surface area (Å²) in [6.45, 7) is 1.63. The molecular formula is C22H24N4O2. The Bertz CT molecular complexity index is 1020. The third kappa shape index (κ3) is 2.64. The molecule has 0 aliphatic carbocycles. The van der Waals surface area contributed by atoms with Crippen molar-refractivity contribution in [3.63, 3.8) is 0 Å². The third-order valence-corrected chi connectivity index (χ3v) is 6.38. The molecule has 1 aromatic carbocycles. The van der Waals surface area contributed by atoms with Crippen molar-refractivity contribution in [2.24, 2.45) is 5.92 Å². The Morgan fingerprint density at radius 2 is 1.93 bits per heavy atom. The minimum atomic E-state index is 0.0448. The number of amides is 1. The van der Waals surface area contributed by atoms with Gasteiger partial charge in [-0.2, -0.15) is 5.10 Å². The van der Waals surface area contributed by atoms with Crippen molar-refractivity contribution in [1.82, 2.24) is 19.4 Å². The lowest BCUT2D eigenvalue weighted by Crippen LogP contribution is -2.40. The van der Waals surface area contributed by atoms with Crippen LogP contribution in [-0.2, 0) is 0 Å². The minimum Gasteiger partial charge on any atom is -0.395 e. The van der Waals surface area contributed by atoms with E-state index < -0.39 is 0 Å². The van der Waals surface area contributed by atoms with Gasteiger partial charge in [0.15, 0.2) is 0 Å². The Hall–Kier alpha value is -2.70.